The Kier molecular flexibility index (Phi) is 6.05. The molecule has 33 heavy (non-hydrogen) atoms. The van der Waals surface area contributed by atoms with Crippen LogP contribution in [0.4, 0.5) is 9.39 Å². The Morgan fingerprint density at radius 3 is 2.61 bits per heavy atom. The quantitative estimate of drug-likeness (QED) is 0.617. The van der Waals surface area contributed by atoms with Crippen LogP contribution < -0.4 is 10.2 Å². The molecule has 5 rings (SSSR count). The molecule has 2 aliphatic rings. The lowest BCUT2D eigenvalue weighted by Crippen LogP contribution is -2.41. The van der Waals surface area contributed by atoms with Gasteiger partial charge < -0.3 is 5.32 Å². The fraction of sp³-hybridized carbons (Fsp3) is 0.269. The van der Waals surface area contributed by atoms with Gasteiger partial charge >= 0.3 is 0 Å². The molecule has 2 aromatic carbocycles. The number of carbonyl (C=O) groups is 2. The minimum Gasteiger partial charge on any atom is -0.350 e. The molecule has 5 nitrogen and oxygen atoms in total. The zero-order valence-electron chi connectivity index (χ0n) is 18.1. The summed E-state index contributed by atoms with van der Waals surface area (Å²) in [5, 5.41) is 3.70. The van der Waals surface area contributed by atoms with E-state index in [1.165, 1.54) is 22.6 Å². The van der Waals surface area contributed by atoms with E-state index in [9.17, 15) is 14.0 Å². The van der Waals surface area contributed by atoms with Crippen LogP contribution in [-0.2, 0) is 29.0 Å². The lowest BCUT2D eigenvalue weighted by molar-refractivity contribution is -0.123. The van der Waals surface area contributed by atoms with Crippen LogP contribution in [0.15, 0.2) is 59.6 Å². The lowest BCUT2D eigenvalue weighted by Gasteiger charge is -2.20. The van der Waals surface area contributed by atoms with Gasteiger partial charge in [0.1, 0.15) is 23.9 Å². The number of benzene rings is 2. The maximum Gasteiger partial charge on any atom is 0.249 e. The van der Waals surface area contributed by atoms with Gasteiger partial charge in [0.15, 0.2) is 0 Å². The topological polar surface area (TPSA) is 61.8 Å². The first kappa shape index (κ1) is 21.5. The van der Waals surface area contributed by atoms with E-state index in [0.29, 0.717) is 12.3 Å². The van der Waals surface area contributed by atoms with Gasteiger partial charge in [-0.2, -0.15) is 0 Å². The first-order valence-electron chi connectivity index (χ1n) is 11.2. The summed E-state index contributed by atoms with van der Waals surface area (Å²) in [5.74, 6) is -0.732. The van der Waals surface area contributed by atoms with Gasteiger partial charge in [0, 0.05) is 22.5 Å². The number of aliphatic imine (C=N–C) groups is 1. The molecular formula is C26H24FN3O2S. The van der Waals surface area contributed by atoms with E-state index in [2.05, 4.69) is 10.3 Å². The van der Waals surface area contributed by atoms with E-state index in [4.69, 9.17) is 0 Å². The van der Waals surface area contributed by atoms with Crippen molar-refractivity contribution in [3.63, 3.8) is 0 Å². The van der Waals surface area contributed by atoms with Crippen LogP contribution in [-0.4, -0.2) is 30.6 Å². The fourth-order valence-corrected chi connectivity index (χ4v) is 5.82. The minimum atomic E-state index is -0.312. The van der Waals surface area contributed by atoms with Gasteiger partial charge in [0.25, 0.3) is 0 Å². The molecule has 2 heterocycles. The number of halogens is 1. The Morgan fingerprint density at radius 1 is 1.06 bits per heavy atom. The monoisotopic (exact) mass is 461 g/mol. The summed E-state index contributed by atoms with van der Waals surface area (Å²) < 4.78 is 13.6. The van der Waals surface area contributed by atoms with Crippen LogP contribution in [0.25, 0.3) is 0 Å². The van der Waals surface area contributed by atoms with Gasteiger partial charge in [0.2, 0.25) is 11.8 Å². The average Bonchev–Trinajstić information content (AvgIpc) is 3.16. The number of hydrogen-bond acceptors (Lipinski definition) is 4. The van der Waals surface area contributed by atoms with Crippen molar-refractivity contribution in [3.05, 3.63) is 87.5 Å². The molecule has 1 N–H and O–H groups in total. The summed E-state index contributed by atoms with van der Waals surface area (Å²) in [6, 6.07) is 15.9. The molecule has 0 saturated carbocycles. The maximum atomic E-state index is 13.6. The summed E-state index contributed by atoms with van der Waals surface area (Å²) in [5.41, 5.74) is 4.65. The van der Waals surface area contributed by atoms with E-state index in [1.807, 2.05) is 30.3 Å². The normalized spacial score (nSPS) is 15.4. The Balaban J connectivity index is 1.47. The van der Waals surface area contributed by atoms with Crippen molar-refractivity contribution in [2.45, 2.75) is 32.2 Å². The van der Waals surface area contributed by atoms with Crippen LogP contribution in [0, 0.1) is 5.82 Å². The molecule has 0 fully saturated rings. The molecule has 2 amide bonds. The first-order chi connectivity index (χ1) is 16.1. The highest BCUT2D eigenvalue weighted by Crippen LogP contribution is 2.42. The minimum absolute atomic E-state index is 0.0468. The molecule has 1 aliphatic heterocycles. The van der Waals surface area contributed by atoms with Crippen LogP contribution in [0.5, 0.6) is 0 Å². The highest BCUT2D eigenvalue weighted by Gasteiger charge is 2.33. The molecule has 0 radical (unpaired) electrons. The third-order valence-electron chi connectivity index (χ3n) is 6.06. The summed E-state index contributed by atoms with van der Waals surface area (Å²) in [4.78, 5) is 33.4. The Morgan fingerprint density at radius 2 is 1.82 bits per heavy atom. The Hall–Kier alpha value is -3.32. The molecular weight excluding hydrogens is 437 g/mol. The fourth-order valence-electron chi connectivity index (χ4n) is 4.41. The lowest BCUT2D eigenvalue weighted by atomic mass is 9.91. The van der Waals surface area contributed by atoms with Gasteiger partial charge in [-0.25, -0.2) is 4.39 Å². The average molecular weight is 462 g/mol. The van der Waals surface area contributed by atoms with Crippen LogP contribution in [0.1, 0.15) is 40.0 Å². The highest BCUT2D eigenvalue weighted by molar-refractivity contribution is 7.17. The number of carbonyl (C=O) groups excluding carboxylic acids is 2. The van der Waals surface area contributed by atoms with E-state index >= 15 is 0 Å². The molecule has 168 valence electrons. The molecule has 1 aromatic heterocycles. The predicted octanol–water partition coefficient (Wildman–Crippen LogP) is 4.27. The SMILES string of the molecule is O=C(CN1C(=O)CN=C(c2ccc(F)cc2)c2c1sc1c2CCCC1)NCc1ccccc1. The largest absolute Gasteiger partial charge is 0.350 e. The molecule has 0 saturated heterocycles. The number of nitrogens with one attached hydrogen (secondary N) is 1. The summed E-state index contributed by atoms with van der Waals surface area (Å²) in [7, 11) is 0. The van der Waals surface area contributed by atoms with Crippen molar-refractivity contribution in [1.29, 1.82) is 0 Å². The number of aryl methyl sites for hydroxylation is 1. The Labute approximate surface area is 196 Å². The Bertz CT molecular complexity index is 1220. The molecule has 3 aromatic rings. The third-order valence-corrected chi connectivity index (χ3v) is 7.37. The van der Waals surface area contributed by atoms with Crippen molar-refractivity contribution in [3.8, 4) is 0 Å². The molecule has 0 bridgehead atoms. The zero-order chi connectivity index (χ0) is 22.8. The predicted molar refractivity (Wildman–Crippen MR) is 129 cm³/mol. The molecule has 0 spiro atoms. The van der Waals surface area contributed by atoms with Crippen LogP contribution in [0.2, 0.25) is 0 Å². The van der Waals surface area contributed by atoms with E-state index in [-0.39, 0.29) is 30.7 Å². The molecule has 7 heteroatoms. The molecule has 0 unspecified atom stereocenters. The first-order valence-corrected chi connectivity index (χ1v) is 12.0. The number of hydrogen-bond donors (Lipinski definition) is 1. The standard InChI is InChI=1S/C26H24FN3O2S/c27-19-12-10-18(11-13-19)25-24-20-8-4-5-9-21(20)33-26(24)30(23(32)15-29-25)16-22(31)28-14-17-6-2-1-3-7-17/h1-3,6-7,10-13H,4-5,8-9,14-16H2,(H,28,31). The van der Waals surface area contributed by atoms with Crippen LogP contribution >= 0.6 is 11.3 Å². The van der Waals surface area contributed by atoms with E-state index in [1.54, 1.807) is 28.4 Å². The van der Waals surface area contributed by atoms with Crippen molar-refractivity contribution in [1.82, 2.24) is 5.32 Å². The van der Waals surface area contributed by atoms with Crippen molar-refractivity contribution >= 4 is 33.9 Å². The zero-order valence-corrected chi connectivity index (χ0v) is 19.0. The number of rotatable bonds is 5. The highest BCUT2D eigenvalue weighted by atomic mass is 32.1. The maximum absolute atomic E-state index is 13.6. The third kappa shape index (κ3) is 4.46. The summed E-state index contributed by atoms with van der Waals surface area (Å²) in [6.45, 7) is 0.311. The summed E-state index contributed by atoms with van der Waals surface area (Å²) >= 11 is 1.59. The number of anilines is 1. The molecule has 1 aliphatic carbocycles. The van der Waals surface area contributed by atoms with E-state index in [0.717, 1.165) is 47.4 Å². The number of nitrogens with zero attached hydrogens (tertiary/aromatic N) is 2. The molecule has 0 atom stereocenters. The van der Waals surface area contributed by atoms with Crippen LogP contribution in [0.3, 0.4) is 0 Å². The van der Waals surface area contributed by atoms with E-state index < -0.39 is 0 Å². The number of amides is 2. The van der Waals surface area contributed by atoms with Crippen molar-refractivity contribution in [2.75, 3.05) is 18.0 Å². The van der Waals surface area contributed by atoms with Gasteiger partial charge in [-0.15, -0.1) is 11.3 Å². The second-order valence-corrected chi connectivity index (χ2v) is 9.39. The van der Waals surface area contributed by atoms with Gasteiger partial charge in [-0.1, -0.05) is 30.3 Å². The summed E-state index contributed by atoms with van der Waals surface area (Å²) in [6.07, 6.45) is 4.08. The van der Waals surface area contributed by atoms with Gasteiger partial charge in [0.05, 0.1) is 5.71 Å². The second kappa shape index (κ2) is 9.27. The van der Waals surface area contributed by atoms with Gasteiger partial charge in [-0.3, -0.25) is 19.5 Å². The smallest absolute Gasteiger partial charge is 0.249 e. The number of fused-ring (bicyclic) bond motifs is 3. The van der Waals surface area contributed by atoms with Crippen molar-refractivity contribution < 1.29 is 14.0 Å². The van der Waals surface area contributed by atoms with Gasteiger partial charge in [-0.05, 0) is 61.1 Å². The number of thiophene rings is 1. The van der Waals surface area contributed by atoms with Crippen molar-refractivity contribution in [2.24, 2.45) is 4.99 Å². The second-order valence-electron chi connectivity index (χ2n) is 8.30.